The molecule has 5 rings (SSSR count). The molecular weight excluding hydrogens is 426 g/mol. The van der Waals surface area contributed by atoms with Gasteiger partial charge in [-0.05, 0) is 61.3 Å². The molecule has 176 valence electrons. The fourth-order valence-electron chi connectivity index (χ4n) is 5.09. The Morgan fingerprint density at radius 1 is 1.21 bits per heavy atom. The van der Waals surface area contributed by atoms with E-state index < -0.39 is 12.0 Å². The molecule has 1 amide bonds. The number of benzene rings is 1. The molecule has 2 aromatic heterocycles. The Kier molecular flexibility index (Phi) is 5.68. The highest BCUT2D eigenvalue weighted by Gasteiger charge is 2.39. The Balaban J connectivity index is 1.44. The number of carbonyl (C=O) groups is 1. The van der Waals surface area contributed by atoms with Crippen molar-refractivity contribution in [3.8, 4) is 0 Å². The summed E-state index contributed by atoms with van der Waals surface area (Å²) in [7, 11) is 1.69. The van der Waals surface area contributed by atoms with Crippen LogP contribution in [-0.4, -0.2) is 31.6 Å². The first-order chi connectivity index (χ1) is 15.8. The summed E-state index contributed by atoms with van der Waals surface area (Å²) in [6.07, 6.45) is 5.35. The van der Waals surface area contributed by atoms with Crippen LogP contribution in [0.3, 0.4) is 0 Å². The first-order valence-corrected chi connectivity index (χ1v) is 11.7. The zero-order chi connectivity index (χ0) is 23.2. The minimum Gasteiger partial charge on any atom is -0.340 e. The van der Waals surface area contributed by atoms with Crippen LogP contribution in [0, 0.1) is 11.8 Å². The average Bonchev–Trinajstić information content (AvgIpc) is 3.36. The largest absolute Gasteiger partial charge is 0.340 e. The number of hydrogen-bond acceptors (Lipinski definition) is 4. The number of aryl methyl sites for hydroxylation is 1. The maximum Gasteiger partial charge on any atom is 0.270 e. The van der Waals surface area contributed by atoms with Crippen LogP contribution in [-0.2, 0) is 7.05 Å². The van der Waals surface area contributed by atoms with E-state index in [1.165, 1.54) is 11.1 Å². The van der Waals surface area contributed by atoms with Gasteiger partial charge in [-0.15, -0.1) is 0 Å². The van der Waals surface area contributed by atoms with Crippen molar-refractivity contribution in [1.82, 2.24) is 25.1 Å². The smallest absolute Gasteiger partial charge is 0.270 e. The third-order valence-corrected chi connectivity index (χ3v) is 7.44. The van der Waals surface area contributed by atoms with E-state index in [4.69, 9.17) is 10.7 Å². The summed E-state index contributed by atoms with van der Waals surface area (Å²) in [4.78, 5) is 21.1. The molecule has 0 saturated heterocycles. The second-order valence-electron chi connectivity index (χ2n) is 9.60. The van der Waals surface area contributed by atoms with E-state index in [1.54, 1.807) is 19.3 Å². The summed E-state index contributed by atoms with van der Waals surface area (Å²) in [5.41, 5.74) is 9.54. The third kappa shape index (κ3) is 4.38. The zero-order valence-corrected chi connectivity index (χ0v) is 18.7. The van der Waals surface area contributed by atoms with Crippen LogP contribution in [0.2, 0.25) is 0 Å². The number of aromatic nitrogens is 4. The molecule has 2 aliphatic carbocycles. The number of nitrogens with zero attached hydrogens (tertiary/aromatic N) is 3. The molecule has 7 nitrogen and oxygen atoms in total. The number of fused-ring (bicyclic) bond motifs is 1. The van der Waals surface area contributed by atoms with Gasteiger partial charge in [0.2, 0.25) is 5.92 Å². The minimum absolute atomic E-state index is 0.00998. The van der Waals surface area contributed by atoms with Crippen LogP contribution < -0.4 is 11.1 Å². The molecule has 2 heterocycles. The summed E-state index contributed by atoms with van der Waals surface area (Å²) in [6, 6.07) is 7.12. The SMILES string of the molecule is Cn1nccc1C(=O)N[C@H](c1nc2cc(C(N)C3CCC3)ccc2[nH]1)C1CCC(F)(F)CC1. The molecule has 2 saturated carbocycles. The lowest BCUT2D eigenvalue weighted by atomic mass is 9.77. The number of nitrogens with two attached hydrogens (primary N) is 1. The lowest BCUT2D eigenvalue weighted by molar-refractivity contribution is -0.0496. The number of aromatic amines is 1. The van der Waals surface area contributed by atoms with E-state index in [0.29, 0.717) is 30.3 Å². The van der Waals surface area contributed by atoms with Gasteiger partial charge in [0.25, 0.3) is 5.91 Å². The van der Waals surface area contributed by atoms with Gasteiger partial charge in [-0.3, -0.25) is 9.48 Å². The second-order valence-corrected chi connectivity index (χ2v) is 9.60. The van der Waals surface area contributed by atoms with E-state index in [1.807, 2.05) is 18.2 Å². The van der Waals surface area contributed by atoms with Crippen molar-refractivity contribution in [2.45, 2.75) is 63.0 Å². The van der Waals surface area contributed by atoms with Gasteiger partial charge in [0, 0.05) is 32.1 Å². The summed E-state index contributed by atoms with van der Waals surface area (Å²) >= 11 is 0. The van der Waals surface area contributed by atoms with Crippen LogP contribution in [0.15, 0.2) is 30.5 Å². The molecule has 0 radical (unpaired) electrons. The number of hydrogen-bond donors (Lipinski definition) is 3. The normalized spacial score (nSPS) is 21.0. The van der Waals surface area contributed by atoms with E-state index >= 15 is 0 Å². The maximum atomic E-state index is 13.8. The van der Waals surface area contributed by atoms with Crippen LogP contribution in [0.25, 0.3) is 11.0 Å². The van der Waals surface area contributed by atoms with Crippen LogP contribution in [0.4, 0.5) is 8.78 Å². The summed E-state index contributed by atoms with van der Waals surface area (Å²) in [5.74, 6) is -1.99. The fourth-order valence-corrected chi connectivity index (χ4v) is 5.09. The van der Waals surface area contributed by atoms with Crippen molar-refractivity contribution in [1.29, 1.82) is 0 Å². The molecule has 0 aliphatic heterocycles. The van der Waals surface area contributed by atoms with E-state index in [9.17, 15) is 13.6 Å². The van der Waals surface area contributed by atoms with Crippen LogP contribution in [0.1, 0.15) is 78.9 Å². The monoisotopic (exact) mass is 456 g/mol. The Bertz CT molecular complexity index is 1140. The van der Waals surface area contributed by atoms with Crippen LogP contribution >= 0.6 is 0 Å². The summed E-state index contributed by atoms with van der Waals surface area (Å²) in [6.45, 7) is 0. The molecule has 9 heteroatoms. The van der Waals surface area contributed by atoms with Gasteiger partial charge in [-0.2, -0.15) is 5.10 Å². The van der Waals surface area contributed by atoms with Gasteiger partial charge < -0.3 is 16.0 Å². The highest BCUT2D eigenvalue weighted by molar-refractivity contribution is 5.92. The van der Waals surface area contributed by atoms with Gasteiger partial charge in [-0.25, -0.2) is 13.8 Å². The number of halogens is 2. The summed E-state index contributed by atoms with van der Waals surface area (Å²) in [5, 5.41) is 7.10. The number of rotatable bonds is 6. The lowest BCUT2D eigenvalue weighted by Crippen LogP contribution is -2.38. The Morgan fingerprint density at radius 2 is 1.97 bits per heavy atom. The molecule has 3 aromatic rings. The Labute approximate surface area is 191 Å². The Morgan fingerprint density at radius 3 is 2.61 bits per heavy atom. The van der Waals surface area contributed by atoms with Gasteiger partial charge >= 0.3 is 0 Å². The number of alkyl halides is 2. The Hall–Kier alpha value is -2.81. The first kappa shape index (κ1) is 22.0. The highest BCUT2D eigenvalue weighted by Crippen LogP contribution is 2.41. The van der Waals surface area contributed by atoms with Crippen molar-refractivity contribution in [2.24, 2.45) is 24.6 Å². The first-order valence-electron chi connectivity index (χ1n) is 11.7. The molecule has 0 spiro atoms. The standard InChI is InChI=1S/C24H30F2N6O/c1-32-19(9-12-28-32)23(33)31-21(15-7-10-24(25,26)11-8-15)22-29-17-6-5-16(13-18(17)30-22)20(27)14-3-2-4-14/h5-6,9,12-15,20-21H,2-4,7-8,10-11,27H2,1H3,(H,29,30)(H,31,33)/t20?,21-/m0/s1. The van der Waals surface area contributed by atoms with Crippen molar-refractivity contribution in [2.75, 3.05) is 0 Å². The van der Waals surface area contributed by atoms with Gasteiger partial charge in [0.15, 0.2) is 0 Å². The van der Waals surface area contributed by atoms with Gasteiger partial charge in [0.1, 0.15) is 11.5 Å². The third-order valence-electron chi connectivity index (χ3n) is 7.44. The zero-order valence-electron chi connectivity index (χ0n) is 18.7. The predicted molar refractivity (Wildman–Crippen MR) is 121 cm³/mol. The number of imidazole rings is 1. The molecule has 1 unspecified atom stereocenters. The van der Waals surface area contributed by atoms with Crippen molar-refractivity contribution >= 4 is 16.9 Å². The molecule has 2 aliphatic rings. The lowest BCUT2D eigenvalue weighted by Gasteiger charge is -2.33. The topological polar surface area (TPSA) is 102 Å². The van der Waals surface area contributed by atoms with E-state index in [0.717, 1.165) is 29.4 Å². The minimum atomic E-state index is -2.65. The molecule has 4 N–H and O–H groups in total. The number of H-pyrrole nitrogens is 1. The van der Waals surface area contributed by atoms with Gasteiger partial charge in [0.05, 0.1) is 17.1 Å². The molecule has 33 heavy (non-hydrogen) atoms. The highest BCUT2D eigenvalue weighted by atomic mass is 19.3. The molecular formula is C24H30F2N6O. The number of carbonyl (C=O) groups excluding carboxylic acids is 1. The molecule has 1 aromatic carbocycles. The van der Waals surface area contributed by atoms with Crippen molar-refractivity contribution in [3.05, 3.63) is 47.5 Å². The quantitative estimate of drug-likeness (QED) is 0.512. The summed E-state index contributed by atoms with van der Waals surface area (Å²) < 4.78 is 29.2. The molecule has 0 bridgehead atoms. The number of nitrogens with one attached hydrogen (secondary N) is 2. The van der Waals surface area contributed by atoms with E-state index in [-0.39, 0.29) is 30.7 Å². The second kappa shape index (κ2) is 8.52. The fraction of sp³-hybridized carbons (Fsp3) is 0.542. The van der Waals surface area contributed by atoms with Gasteiger partial charge in [-0.1, -0.05) is 12.5 Å². The van der Waals surface area contributed by atoms with Crippen molar-refractivity contribution < 1.29 is 13.6 Å². The average molecular weight is 457 g/mol. The van der Waals surface area contributed by atoms with Crippen LogP contribution in [0.5, 0.6) is 0 Å². The maximum absolute atomic E-state index is 13.8. The van der Waals surface area contributed by atoms with Crippen molar-refractivity contribution in [3.63, 3.8) is 0 Å². The predicted octanol–water partition coefficient (Wildman–Crippen LogP) is 4.39. The number of amides is 1. The van der Waals surface area contributed by atoms with E-state index in [2.05, 4.69) is 15.4 Å². The molecule has 2 atom stereocenters. The molecule has 2 fully saturated rings.